The number of aliphatic hydroxyl groups is 1. The summed E-state index contributed by atoms with van der Waals surface area (Å²) in [7, 11) is 0. The summed E-state index contributed by atoms with van der Waals surface area (Å²) in [6.45, 7) is 6.28. The first-order valence-electron chi connectivity index (χ1n) is 7.18. The lowest BCUT2D eigenvalue weighted by molar-refractivity contribution is 0.0609. The fourth-order valence-electron chi connectivity index (χ4n) is 2.34. The number of aliphatic hydroxyl groups excluding tert-OH is 1. The molecule has 1 aliphatic rings. The van der Waals surface area contributed by atoms with E-state index in [1.165, 1.54) is 0 Å². The molecule has 1 saturated heterocycles. The Balaban J connectivity index is 2.05. The second kappa shape index (κ2) is 7.59. The Hall–Kier alpha value is -1.37. The fraction of sp³-hybridized carbons (Fsp3) is 0.571. The molecule has 1 amide bonds. The van der Waals surface area contributed by atoms with E-state index in [9.17, 15) is 4.79 Å². The highest BCUT2D eigenvalue weighted by atomic mass is 35.5. The number of hydrogen-bond acceptors (Lipinski definition) is 5. The highest BCUT2D eigenvalue weighted by Crippen LogP contribution is 2.19. The van der Waals surface area contributed by atoms with Crippen molar-refractivity contribution in [3.63, 3.8) is 0 Å². The van der Waals surface area contributed by atoms with Crippen molar-refractivity contribution >= 4 is 23.3 Å². The molecule has 0 atom stereocenters. The number of carbonyl (C=O) groups excluding carboxylic acids is 1. The molecule has 1 aromatic heterocycles. The number of hydrogen-bond donors (Lipinski definition) is 2. The van der Waals surface area contributed by atoms with E-state index in [4.69, 9.17) is 16.7 Å². The number of rotatable bonds is 5. The number of aromatic nitrogens is 1. The molecule has 6 nitrogen and oxygen atoms in total. The molecule has 0 unspecified atom stereocenters. The minimum Gasteiger partial charge on any atom is -0.395 e. The maximum atomic E-state index is 12.5. The summed E-state index contributed by atoms with van der Waals surface area (Å²) in [4.78, 5) is 20.7. The van der Waals surface area contributed by atoms with Gasteiger partial charge in [0.15, 0.2) is 0 Å². The first kappa shape index (κ1) is 16.0. The first-order valence-corrected chi connectivity index (χ1v) is 7.56. The van der Waals surface area contributed by atoms with Gasteiger partial charge >= 0.3 is 0 Å². The summed E-state index contributed by atoms with van der Waals surface area (Å²) in [6.07, 6.45) is 0. The van der Waals surface area contributed by atoms with Gasteiger partial charge in [-0.3, -0.25) is 9.69 Å². The minimum atomic E-state index is -0.136. The van der Waals surface area contributed by atoms with Gasteiger partial charge in [0.1, 0.15) is 11.5 Å². The predicted molar refractivity (Wildman–Crippen MR) is 82.8 cm³/mol. The number of halogens is 1. The zero-order valence-electron chi connectivity index (χ0n) is 12.2. The van der Waals surface area contributed by atoms with E-state index >= 15 is 0 Å². The molecular formula is C14H21ClN4O2. The number of nitrogens with one attached hydrogen (secondary N) is 1. The molecule has 0 aliphatic carbocycles. The molecule has 21 heavy (non-hydrogen) atoms. The van der Waals surface area contributed by atoms with Crippen LogP contribution in [0.25, 0.3) is 0 Å². The quantitative estimate of drug-likeness (QED) is 0.846. The van der Waals surface area contributed by atoms with Crippen LogP contribution in [-0.2, 0) is 0 Å². The molecule has 116 valence electrons. The van der Waals surface area contributed by atoms with E-state index < -0.39 is 0 Å². The molecule has 0 bridgehead atoms. The predicted octanol–water partition coefficient (Wildman–Crippen LogP) is 0.917. The molecule has 2 heterocycles. The molecule has 1 aromatic rings. The van der Waals surface area contributed by atoms with E-state index in [0.717, 1.165) is 19.6 Å². The molecule has 0 radical (unpaired) electrons. The average molecular weight is 313 g/mol. The molecule has 1 aliphatic heterocycles. The SMILES string of the molecule is CCNc1ccc(Cl)c(C(=O)N2CCN(CCO)CC2)n1. The molecule has 7 heteroatoms. The average Bonchev–Trinajstić information content (AvgIpc) is 2.50. The Kier molecular flexibility index (Phi) is 5.78. The number of carbonyl (C=O) groups is 1. The first-order chi connectivity index (χ1) is 10.2. The monoisotopic (exact) mass is 312 g/mol. The highest BCUT2D eigenvalue weighted by Gasteiger charge is 2.24. The lowest BCUT2D eigenvalue weighted by Gasteiger charge is -2.34. The third kappa shape index (κ3) is 4.06. The van der Waals surface area contributed by atoms with Gasteiger partial charge in [-0.15, -0.1) is 0 Å². The summed E-state index contributed by atoms with van der Waals surface area (Å²) in [5.41, 5.74) is 0.297. The summed E-state index contributed by atoms with van der Waals surface area (Å²) < 4.78 is 0. The second-order valence-electron chi connectivity index (χ2n) is 4.91. The Bertz CT molecular complexity index is 490. The maximum absolute atomic E-state index is 12.5. The zero-order valence-corrected chi connectivity index (χ0v) is 12.9. The van der Waals surface area contributed by atoms with E-state index in [1.54, 1.807) is 17.0 Å². The smallest absolute Gasteiger partial charge is 0.274 e. The molecule has 2 N–H and O–H groups in total. The fourth-order valence-corrected chi connectivity index (χ4v) is 2.52. The van der Waals surface area contributed by atoms with Crippen LogP contribution in [0.4, 0.5) is 5.82 Å². The van der Waals surface area contributed by atoms with Crippen molar-refractivity contribution in [1.29, 1.82) is 0 Å². The van der Waals surface area contributed by atoms with E-state index in [1.807, 2.05) is 6.92 Å². The Morgan fingerprint density at radius 3 is 2.71 bits per heavy atom. The van der Waals surface area contributed by atoms with Gasteiger partial charge in [-0.05, 0) is 19.1 Å². The van der Waals surface area contributed by atoms with Crippen molar-refractivity contribution in [1.82, 2.24) is 14.8 Å². The van der Waals surface area contributed by atoms with Gasteiger partial charge in [-0.1, -0.05) is 11.6 Å². The third-order valence-corrected chi connectivity index (χ3v) is 3.79. The van der Waals surface area contributed by atoms with Crippen LogP contribution >= 0.6 is 11.6 Å². The summed E-state index contributed by atoms with van der Waals surface area (Å²) in [5.74, 6) is 0.521. The third-order valence-electron chi connectivity index (χ3n) is 3.48. The number of pyridine rings is 1. The van der Waals surface area contributed by atoms with Gasteiger partial charge in [0.2, 0.25) is 0 Å². The van der Waals surface area contributed by atoms with E-state index in [0.29, 0.717) is 36.2 Å². The number of piperazine rings is 1. The number of amides is 1. The van der Waals surface area contributed by atoms with Crippen LogP contribution in [0.15, 0.2) is 12.1 Å². The van der Waals surface area contributed by atoms with Crippen LogP contribution < -0.4 is 5.32 Å². The topological polar surface area (TPSA) is 68.7 Å². The molecular weight excluding hydrogens is 292 g/mol. The lowest BCUT2D eigenvalue weighted by atomic mass is 10.2. The molecule has 1 fully saturated rings. The largest absolute Gasteiger partial charge is 0.395 e. The Labute approximate surface area is 129 Å². The lowest BCUT2D eigenvalue weighted by Crippen LogP contribution is -2.49. The van der Waals surface area contributed by atoms with E-state index in [2.05, 4.69) is 15.2 Å². The van der Waals surface area contributed by atoms with E-state index in [-0.39, 0.29) is 12.5 Å². The van der Waals surface area contributed by atoms with Gasteiger partial charge < -0.3 is 15.3 Å². The van der Waals surface area contributed by atoms with Gasteiger partial charge in [0.05, 0.1) is 11.6 Å². The van der Waals surface area contributed by atoms with Crippen LogP contribution in [0.5, 0.6) is 0 Å². The standard InChI is InChI=1S/C14H21ClN4O2/c1-2-16-12-4-3-11(15)13(17-12)14(21)19-7-5-18(6-8-19)9-10-20/h3-4,20H,2,5-10H2,1H3,(H,16,17). The van der Waals surface area contributed by atoms with Crippen LogP contribution in [-0.4, -0.2) is 71.7 Å². The summed E-state index contributed by atoms with van der Waals surface area (Å²) in [6, 6.07) is 3.46. The molecule has 0 aromatic carbocycles. The van der Waals surface area contributed by atoms with Crippen molar-refractivity contribution in [2.45, 2.75) is 6.92 Å². The highest BCUT2D eigenvalue weighted by molar-refractivity contribution is 6.33. The number of anilines is 1. The number of β-amino-alcohol motifs (C(OH)–C–C–N with tert-alkyl or cyclic N) is 1. The van der Waals surface area contributed by atoms with Gasteiger partial charge in [-0.2, -0.15) is 0 Å². The second-order valence-corrected chi connectivity index (χ2v) is 5.32. The molecule has 0 spiro atoms. The Morgan fingerprint density at radius 2 is 2.10 bits per heavy atom. The van der Waals surface area contributed by atoms with Crippen molar-refractivity contribution in [2.24, 2.45) is 0 Å². The van der Waals surface area contributed by atoms with Gasteiger partial charge in [0, 0.05) is 39.3 Å². The Morgan fingerprint density at radius 1 is 1.38 bits per heavy atom. The summed E-state index contributed by atoms with van der Waals surface area (Å²) >= 11 is 6.11. The van der Waals surface area contributed by atoms with Crippen molar-refractivity contribution in [3.05, 3.63) is 22.8 Å². The van der Waals surface area contributed by atoms with Crippen LogP contribution in [0.2, 0.25) is 5.02 Å². The van der Waals surface area contributed by atoms with Crippen LogP contribution in [0, 0.1) is 0 Å². The van der Waals surface area contributed by atoms with Crippen LogP contribution in [0.1, 0.15) is 17.4 Å². The van der Waals surface area contributed by atoms with Crippen molar-refractivity contribution in [3.8, 4) is 0 Å². The number of nitrogens with zero attached hydrogens (tertiary/aromatic N) is 3. The zero-order chi connectivity index (χ0) is 15.2. The van der Waals surface area contributed by atoms with Crippen LogP contribution in [0.3, 0.4) is 0 Å². The normalized spacial score (nSPS) is 16.0. The summed E-state index contributed by atoms with van der Waals surface area (Å²) in [5, 5.41) is 12.4. The minimum absolute atomic E-state index is 0.136. The van der Waals surface area contributed by atoms with Crippen molar-refractivity contribution in [2.75, 3.05) is 51.2 Å². The van der Waals surface area contributed by atoms with Crippen molar-refractivity contribution < 1.29 is 9.90 Å². The van der Waals surface area contributed by atoms with Gasteiger partial charge in [0.25, 0.3) is 5.91 Å². The maximum Gasteiger partial charge on any atom is 0.274 e. The van der Waals surface area contributed by atoms with Gasteiger partial charge in [-0.25, -0.2) is 4.98 Å². The molecule has 0 saturated carbocycles. The molecule has 2 rings (SSSR count).